The summed E-state index contributed by atoms with van der Waals surface area (Å²) < 4.78 is 5.88. The molecule has 0 aliphatic carbocycles. The summed E-state index contributed by atoms with van der Waals surface area (Å²) in [7, 11) is 0. The van der Waals surface area contributed by atoms with Crippen molar-refractivity contribution in [3.63, 3.8) is 0 Å². The van der Waals surface area contributed by atoms with Crippen molar-refractivity contribution in [3.8, 4) is 5.75 Å². The monoisotopic (exact) mass is 430 g/mol. The van der Waals surface area contributed by atoms with Gasteiger partial charge in [0.25, 0.3) is 5.91 Å². The highest BCUT2D eigenvalue weighted by Gasteiger charge is 2.27. The first-order valence-corrected chi connectivity index (χ1v) is 11.3. The lowest BCUT2D eigenvalue weighted by Crippen LogP contribution is -2.30. The Labute approximate surface area is 187 Å². The molecule has 2 N–H and O–H groups in total. The van der Waals surface area contributed by atoms with Crippen molar-refractivity contribution in [2.75, 3.05) is 5.32 Å². The van der Waals surface area contributed by atoms with Crippen LogP contribution in [-0.4, -0.2) is 11.4 Å². The molecule has 1 saturated heterocycles. The van der Waals surface area contributed by atoms with Crippen LogP contribution in [0.1, 0.15) is 29.2 Å². The van der Waals surface area contributed by atoms with E-state index >= 15 is 0 Å². The molecule has 1 aliphatic heterocycles. The van der Waals surface area contributed by atoms with Gasteiger partial charge in [-0.2, -0.15) is 0 Å². The normalized spacial score (nSPS) is 16.9. The Balaban J connectivity index is 1.34. The Morgan fingerprint density at radius 3 is 2.52 bits per heavy atom. The number of carbonyl (C=O) groups excluding carboxylic acids is 1. The maximum atomic E-state index is 12.4. The summed E-state index contributed by atoms with van der Waals surface area (Å²) in [6, 6.07) is 24.4. The van der Waals surface area contributed by atoms with Crippen LogP contribution in [0.4, 0.5) is 5.69 Å². The Kier molecular flexibility index (Phi) is 6.63. The van der Waals surface area contributed by atoms with Crippen molar-refractivity contribution in [1.29, 1.82) is 0 Å². The summed E-state index contributed by atoms with van der Waals surface area (Å²) >= 11 is 1.49. The van der Waals surface area contributed by atoms with Crippen LogP contribution in [0, 0.1) is 6.92 Å². The first-order chi connectivity index (χ1) is 15.1. The first kappa shape index (κ1) is 21.1. The minimum Gasteiger partial charge on any atom is -0.489 e. The lowest BCUT2D eigenvalue weighted by Gasteiger charge is -2.12. The number of benzene rings is 3. The van der Waals surface area contributed by atoms with Gasteiger partial charge in [-0.05, 0) is 60.4 Å². The van der Waals surface area contributed by atoms with E-state index < -0.39 is 0 Å². The third-order valence-corrected chi connectivity index (χ3v) is 6.09. The molecule has 1 heterocycles. The second kappa shape index (κ2) is 9.75. The van der Waals surface area contributed by atoms with E-state index in [0.717, 1.165) is 29.0 Å². The fourth-order valence-electron chi connectivity index (χ4n) is 3.33. The van der Waals surface area contributed by atoms with Gasteiger partial charge in [0.2, 0.25) is 0 Å². The van der Waals surface area contributed by atoms with E-state index in [-0.39, 0.29) is 11.4 Å². The number of hydrogen-bond donors (Lipinski definition) is 2. The van der Waals surface area contributed by atoms with Crippen molar-refractivity contribution in [1.82, 2.24) is 5.32 Å². The van der Waals surface area contributed by atoms with Crippen molar-refractivity contribution >= 4 is 29.4 Å². The zero-order valence-electron chi connectivity index (χ0n) is 17.7. The van der Waals surface area contributed by atoms with E-state index in [1.165, 1.54) is 22.9 Å². The molecule has 0 spiro atoms. The quantitative estimate of drug-likeness (QED) is 0.470. The number of rotatable bonds is 7. The summed E-state index contributed by atoms with van der Waals surface area (Å²) in [6.07, 6.45) is 2.92. The van der Waals surface area contributed by atoms with Crippen LogP contribution >= 0.6 is 11.8 Å². The van der Waals surface area contributed by atoms with Crippen LogP contribution in [0.2, 0.25) is 0 Å². The second-order valence-electron chi connectivity index (χ2n) is 7.52. The molecule has 0 unspecified atom stereocenters. The Bertz CT molecular complexity index is 1080. The van der Waals surface area contributed by atoms with Crippen LogP contribution < -0.4 is 15.4 Å². The fourth-order valence-corrected chi connectivity index (χ4v) is 4.32. The standard InChI is InChI=1S/C26H26N2O2S/c1-3-19-7-11-22(12-8-19)27-26-28-25(29)24(31-26)16-20-9-13-23(14-10-20)30-17-21-6-4-5-18(2)15-21/h4-16,26-27H,3,17H2,1-2H3,(H,28,29)/b24-16-/t26-/m1/s1. The van der Waals surface area contributed by atoms with Gasteiger partial charge < -0.3 is 15.4 Å². The molecule has 1 atom stereocenters. The molecule has 0 aromatic heterocycles. The number of amides is 1. The van der Waals surface area contributed by atoms with E-state index in [9.17, 15) is 4.79 Å². The van der Waals surface area contributed by atoms with Gasteiger partial charge in [-0.15, -0.1) is 0 Å². The lowest BCUT2D eigenvalue weighted by atomic mass is 10.1. The van der Waals surface area contributed by atoms with E-state index in [2.05, 4.69) is 54.8 Å². The summed E-state index contributed by atoms with van der Waals surface area (Å²) in [4.78, 5) is 13.1. The summed E-state index contributed by atoms with van der Waals surface area (Å²) in [5.74, 6) is 0.745. The molecular formula is C26H26N2O2S. The fraction of sp³-hybridized carbons (Fsp3) is 0.192. The molecule has 158 valence electrons. The van der Waals surface area contributed by atoms with Crippen molar-refractivity contribution in [2.45, 2.75) is 32.4 Å². The smallest absolute Gasteiger partial charge is 0.260 e. The number of aryl methyl sites for hydroxylation is 2. The number of anilines is 1. The van der Waals surface area contributed by atoms with Crippen LogP contribution in [0.25, 0.3) is 6.08 Å². The number of thioether (sulfide) groups is 1. The maximum Gasteiger partial charge on any atom is 0.260 e. The SMILES string of the molecule is CCc1ccc(N[C@@H]2NC(=O)/C(=C/c3ccc(OCc4cccc(C)c4)cc3)S2)cc1. The minimum atomic E-state index is -0.178. The molecule has 1 fully saturated rings. The number of nitrogens with one attached hydrogen (secondary N) is 2. The molecule has 31 heavy (non-hydrogen) atoms. The van der Waals surface area contributed by atoms with E-state index in [0.29, 0.717) is 11.5 Å². The molecule has 0 bridgehead atoms. The maximum absolute atomic E-state index is 12.4. The third kappa shape index (κ3) is 5.70. The number of ether oxygens (including phenoxy) is 1. The van der Waals surface area contributed by atoms with Crippen molar-refractivity contribution in [3.05, 3.63) is 100.0 Å². The highest BCUT2D eigenvalue weighted by atomic mass is 32.2. The zero-order valence-corrected chi connectivity index (χ0v) is 18.5. The average molecular weight is 431 g/mol. The molecule has 0 radical (unpaired) electrons. The average Bonchev–Trinajstić information content (AvgIpc) is 3.12. The lowest BCUT2D eigenvalue weighted by molar-refractivity contribution is -0.116. The van der Waals surface area contributed by atoms with Gasteiger partial charge >= 0.3 is 0 Å². The Morgan fingerprint density at radius 1 is 1.03 bits per heavy atom. The largest absolute Gasteiger partial charge is 0.489 e. The molecule has 0 saturated carbocycles. The van der Waals surface area contributed by atoms with Crippen LogP contribution in [0.3, 0.4) is 0 Å². The highest BCUT2D eigenvalue weighted by molar-refractivity contribution is 8.05. The first-order valence-electron chi connectivity index (χ1n) is 10.4. The number of carbonyl (C=O) groups is 1. The topological polar surface area (TPSA) is 50.4 Å². The Morgan fingerprint density at radius 2 is 1.81 bits per heavy atom. The van der Waals surface area contributed by atoms with Crippen LogP contribution in [0.15, 0.2) is 77.7 Å². The molecule has 4 nitrogen and oxygen atoms in total. The predicted octanol–water partition coefficient (Wildman–Crippen LogP) is 5.74. The van der Waals surface area contributed by atoms with Gasteiger partial charge in [-0.25, -0.2) is 0 Å². The van der Waals surface area contributed by atoms with E-state index in [1.54, 1.807) is 0 Å². The number of hydrogen-bond acceptors (Lipinski definition) is 4. The molecule has 1 aliphatic rings. The minimum absolute atomic E-state index is 0.0625. The highest BCUT2D eigenvalue weighted by Crippen LogP contribution is 2.30. The van der Waals surface area contributed by atoms with E-state index in [4.69, 9.17) is 4.74 Å². The molecule has 3 aromatic rings. The summed E-state index contributed by atoms with van der Waals surface area (Å²) in [5, 5.41) is 6.33. The van der Waals surface area contributed by atoms with Gasteiger partial charge in [-0.3, -0.25) is 4.79 Å². The molecule has 3 aromatic carbocycles. The third-order valence-electron chi connectivity index (χ3n) is 5.06. The van der Waals surface area contributed by atoms with Gasteiger partial charge in [0.05, 0.1) is 4.91 Å². The molecular weight excluding hydrogens is 404 g/mol. The van der Waals surface area contributed by atoms with Crippen molar-refractivity contribution in [2.24, 2.45) is 0 Å². The van der Waals surface area contributed by atoms with Crippen LogP contribution in [-0.2, 0) is 17.8 Å². The van der Waals surface area contributed by atoms with Gasteiger partial charge in [0.15, 0.2) is 5.50 Å². The predicted molar refractivity (Wildman–Crippen MR) is 129 cm³/mol. The molecule has 1 amide bonds. The van der Waals surface area contributed by atoms with Gasteiger partial charge in [-0.1, -0.05) is 72.8 Å². The van der Waals surface area contributed by atoms with E-state index in [1.807, 2.05) is 48.5 Å². The zero-order chi connectivity index (χ0) is 21.6. The second-order valence-corrected chi connectivity index (χ2v) is 8.67. The summed E-state index contributed by atoms with van der Waals surface area (Å²) in [5.41, 5.74) is 5.44. The Hall–Kier alpha value is -3.18. The molecule has 5 heteroatoms. The van der Waals surface area contributed by atoms with Crippen molar-refractivity contribution < 1.29 is 9.53 Å². The summed E-state index contributed by atoms with van der Waals surface area (Å²) in [6.45, 7) is 4.74. The van der Waals surface area contributed by atoms with Gasteiger partial charge in [0.1, 0.15) is 12.4 Å². The van der Waals surface area contributed by atoms with Gasteiger partial charge in [0, 0.05) is 5.69 Å². The van der Waals surface area contributed by atoms with Crippen LogP contribution in [0.5, 0.6) is 5.75 Å². The molecule has 4 rings (SSSR count).